The van der Waals surface area contributed by atoms with Crippen molar-refractivity contribution < 1.29 is 19.1 Å². The average molecular weight is 308 g/mol. The summed E-state index contributed by atoms with van der Waals surface area (Å²) in [5.74, 6) is -2.33. The van der Waals surface area contributed by atoms with Crippen molar-refractivity contribution in [2.45, 2.75) is 18.9 Å². The summed E-state index contributed by atoms with van der Waals surface area (Å²) in [6.07, 6.45) is 0.436. The summed E-state index contributed by atoms with van der Waals surface area (Å²) in [6, 6.07) is 6.71. The number of ketones is 1. The fourth-order valence-corrected chi connectivity index (χ4v) is 2.99. The van der Waals surface area contributed by atoms with Crippen LogP contribution in [0.15, 0.2) is 30.3 Å². The SMILES string of the molecule is O=C(c1ccc(F)cc1)c1c(Cl)cc2n1CCC2C(=O)O. The standard InChI is InChI=1S/C15H11ClFNO3/c16-11-7-12-10(15(20)21)5-6-18(12)13(11)14(19)8-1-3-9(17)4-2-8/h1-4,7,10H,5-6H2,(H,20,21). The molecule has 21 heavy (non-hydrogen) atoms. The Morgan fingerprint density at radius 2 is 1.95 bits per heavy atom. The normalized spacial score (nSPS) is 16.8. The quantitative estimate of drug-likeness (QED) is 0.887. The number of carbonyl (C=O) groups is 2. The molecule has 1 aliphatic heterocycles. The van der Waals surface area contributed by atoms with Crippen LogP contribution in [-0.4, -0.2) is 21.4 Å². The van der Waals surface area contributed by atoms with Crippen molar-refractivity contribution in [2.75, 3.05) is 0 Å². The molecule has 0 amide bonds. The van der Waals surface area contributed by atoms with E-state index in [0.29, 0.717) is 24.2 Å². The molecule has 0 fully saturated rings. The minimum absolute atomic E-state index is 0.227. The molecule has 0 bridgehead atoms. The van der Waals surface area contributed by atoms with E-state index in [4.69, 9.17) is 16.7 Å². The molecule has 2 heterocycles. The second kappa shape index (κ2) is 5.00. The predicted octanol–water partition coefficient (Wildman–Crippen LogP) is 3.08. The van der Waals surface area contributed by atoms with Gasteiger partial charge in [-0.2, -0.15) is 0 Å². The molecule has 4 nitrogen and oxygen atoms in total. The van der Waals surface area contributed by atoms with E-state index in [1.165, 1.54) is 30.3 Å². The number of aliphatic carboxylic acids is 1. The molecule has 1 atom stereocenters. The van der Waals surface area contributed by atoms with Gasteiger partial charge in [0.2, 0.25) is 5.78 Å². The number of carboxylic acids is 1. The van der Waals surface area contributed by atoms with Crippen LogP contribution in [0.2, 0.25) is 5.02 Å². The Morgan fingerprint density at radius 1 is 1.29 bits per heavy atom. The highest BCUT2D eigenvalue weighted by Gasteiger charge is 2.33. The first kappa shape index (κ1) is 13.8. The van der Waals surface area contributed by atoms with Gasteiger partial charge in [0, 0.05) is 17.8 Å². The van der Waals surface area contributed by atoms with E-state index in [2.05, 4.69) is 0 Å². The van der Waals surface area contributed by atoms with Crippen LogP contribution in [0.25, 0.3) is 0 Å². The number of hydrogen-bond acceptors (Lipinski definition) is 2. The third kappa shape index (κ3) is 2.23. The van der Waals surface area contributed by atoms with E-state index >= 15 is 0 Å². The maximum atomic E-state index is 12.9. The molecule has 1 aromatic carbocycles. The Kier molecular flexibility index (Phi) is 3.29. The zero-order valence-corrected chi connectivity index (χ0v) is 11.6. The minimum atomic E-state index is -0.927. The third-order valence-electron chi connectivity index (χ3n) is 3.70. The van der Waals surface area contributed by atoms with Crippen LogP contribution in [0.1, 0.15) is 34.1 Å². The molecule has 0 saturated carbocycles. The van der Waals surface area contributed by atoms with Gasteiger partial charge in [-0.25, -0.2) is 4.39 Å². The summed E-state index contributed by atoms with van der Waals surface area (Å²) in [4.78, 5) is 23.7. The van der Waals surface area contributed by atoms with Gasteiger partial charge in [-0.1, -0.05) is 11.6 Å². The van der Waals surface area contributed by atoms with Gasteiger partial charge in [0.05, 0.1) is 10.9 Å². The Bertz CT molecular complexity index is 736. The fourth-order valence-electron chi connectivity index (χ4n) is 2.69. The molecule has 0 saturated heterocycles. The Labute approximate surface area is 124 Å². The fraction of sp³-hybridized carbons (Fsp3) is 0.200. The van der Waals surface area contributed by atoms with Crippen molar-refractivity contribution in [2.24, 2.45) is 0 Å². The van der Waals surface area contributed by atoms with Gasteiger partial charge in [0.25, 0.3) is 0 Å². The van der Waals surface area contributed by atoms with E-state index in [0.717, 1.165) is 0 Å². The van der Waals surface area contributed by atoms with Crippen LogP contribution >= 0.6 is 11.6 Å². The lowest BCUT2D eigenvalue weighted by atomic mass is 10.1. The van der Waals surface area contributed by atoms with E-state index in [9.17, 15) is 14.0 Å². The predicted molar refractivity (Wildman–Crippen MR) is 74.3 cm³/mol. The van der Waals surface area contributed by atoms with E-state index < -0.39 is 17.7 Å². The number of nitrogens with zero attached hydrogens (tertiary/aromatic N) is 1. The van der Waals surface area contributed by atoms with Crippen molar-refractivity contribution in [1.82, 2.24) is 4.57 Å². The first-order valence-corrected chi connectivity index (χ1v) is 6.79. The molecule has 1 unspecified atom stereocenters. The third-order valence-corrected chi connectivity index (χ3v) is 3.99. The first-order chi connectivity index (χ1) is 9.99. The van der Waals surface area contributed by atoms with Crippen molar-refractivity contribution >= 4 is 23.4 Å². The monoisotopic (exact) mass is 307 g/mol. The number of halogens is 2. The van der Waals surface area contributed by atoms with E-state index in [1.54, 1.807) is 4.57 Å². The molecule has 1 N–H and O–H groups in total. The van der Waals surface area contributed by atoms with Crippen LogP contribution in [0.3, 0.4) is 0 Å². The molecule has 2 aromatic rings. The Hall–Kier alpha value is -2.14. The molecule has 0 radical (unpaired) electrons. The molecule has 108 valence electrons. The molecule has 3 rings (SSSR count). The van der Waals surface area contributed by atoms with Crippen LogP contribution in [0.5, 0.6) is 0 Å². The molecular weight excluding hydrogens is 297 g/mol. The number of hydrogen-bond donors (Lipinski definition) is 1. The Balaban J connectivity index is 2.04. The second-order valence-electron chi connectivity index (χ2n) is 4.93. The summed E-state index contributed by atoms with van der Waals surface area (Å²) in [5, 5.41) is 9.39. The minimum Gasteiger partial charge on any atom is -0.481 e. The number of carboxylic acid groups (broad SMARTS) is 1. The number of carbonyl (C=O) groups excluding carboxylic acids is 1. The smallest absolute Gasteiger partial charge is 0.312 e. The highest BCUT2D eigenvalue weighted by molar-refractivity contribution is 6.35. The zero-order valence-electron chi connectivity index (χ0n) is 10.8. The van der Waals surface area contributed by atoms with Gasteiger partial charge >= 0.3 is 5.97 Å². The van der Waals surface area contributed by atoms with Gasteiger partial charge in [0.1, 0.15) is 11.5 Å². The molecular formula is C15H11ClFNO3. The van der Waals surface area contributed by atoms with E-state index in [1.807, 2.05) is 0 Å². The summed E-state index contributed by atoms with van der Waals surface area (Å²) in [6.45, 7) is 0.432. The molecule has 1 aromatic heterocycles. The Morgan fingerprint density at radius 3 is 2.57 bits per heavy atom. The van der Waals surface area contributed by atoms with Crippen LogP contribution in [0.4, 0.5) is 4.39 Å². The van der Waals surface area contributed by atoms with Crippen molar-refractivity contribution in [1.29, 1.82) is 0 Å². The second-order valence-corrected chi connectivity index (χ2v) is 5.34. The van der Waals surface area contributed by atoms with Crippen LogP contribution in [-0.2, 0) is 11.3 Å². The average Bonchev–Trinajstić information content (AvgIpc) is 2.96. The van der Waals surface area contributed by atoms with Gasteiger partial charge < -0.3 is 9.67 Å². The van der Waals surface area contributed by atoms with Crippen molar-refractivity contribution in [3.63, 3.8) is 0 Å². The first-order valence-electron chi connectivity index (χ1n) is 6.41. The number of rotatable bonds is 3. The lowest BCUT2D eigenvalue weighted by Crippen LogP contribution is -2.10. The van der Waals surface area contributed by atoms with Crippen LogP contribution in [0, 0.1) is 5.82 Å². The maximum Gasteiger partial charge on any atom is 0.312 e. The molecule has 0 aliphatic carbocycles. The topological polar surface area (TPSA) is 59.3 Å². The maximum absolute atomic E-state index is 12.9. The zero-order chi connectivity index (χ0) is 15.1. The van der Waals surface area contributed by atoms with E-state index in [-0.39, 0.29) is 16.5 Å². The lowest BCUT2D eigenvalue weighted by molar-refractivity contribution is -0.138. The van der Waals surface area contributed by atoms with Crippen molar-refractivity contribution in [3.05, 3.63) is 58.1 Å². The summed E-state index contributed by atoms with van der Waals surface area (Å²) < 4.78 is 14.6. The van der Waals surface area contributed by atoms with Gasteiger partial charge in [0.15, 0.2) is 0 Å². The molecule has 6 heteroatoms. The largest absolute Gasteiger partial charge is 0.481 e. The summed E-state index contributed by atoms with van der Waals surface area (Å²) in [7, 11) is 0. The van der Waals surface area contributed by atoms with Gasteiger partial charge in [-0.05, 0) is 36.8 Å². The molecule has 1 aliphatic rings. The van der Waals surface area contributed by atoms with Crippen LogP contribution < -0.4 is 0 Å². The number of fused-ring (bicyclic) bond motifs is 1. The number of benzene rings is 1. The van der Waals surface area contributed by atoms with Gasteiger partial charge in [-0.3, -0.25) is 9.59 Å². The highest BCUT2D eigenvalue weighted by Crippen LogP contribution is 2.36. The lowest BCUT2D eigenvalue weighted by Gasteiger charge is -2.06. The molecule has 0 spiro atoms. The summed E-state index contributed by atoms with van der Waals surface area (Å²) in [5.41, 5.74) is 1.12. The highest BCUT2D eigenvalue weighted by atomic mass is 35.5. The summed E-state index contributed by atoms with van der Waals surface area (Å²) >= 11 is 6.10. The van der Waals surface area contributed by atoms with Gasteiger partial charge in [-0.15, -0.1) is 0 Å². The number of aromatic nitrogens is 1. The van der Waals surface area contributed by atoms with Crippen molar-refractivity contribution in [3.8, 4) is 0 Å².